The average Bonchev–Trinajstić information content (AvgIpc) is 2.26. The Bertz CT molecular complexity index is 338. The number of amides is 1. The molecule has 0 bridgehead atoms. The third-order valence-electron chi connectivity index (χ3n) is 2.29. The standard InChI is InChI=1S/C12H15F2NO/c1-9(2)15(12(16)11(13)14)8-10-6-4-3-5-7-10/h3-7,9,11H,8H2,1-2H3. The molecule has 0 atom stereocenters. The fraction of sp³-hybridized carbons (Fsp3) is 0.417. The number of halogens is 2. The number of hydrogen-bond donors (Lipinski definition) is 0. The lowest BCUT2D eigenvalue weighted by Crippen LogP contribution is -2.40. The molecule has 88 valence electrons. The molecular formula is C12H15F2NO. The molecule has 1 aromatic carbocycles. The highest BCUT2D eigenvalue weighted by Gasteiger charge is 2.25. The minimum Gasteiger partial charge on any atom is -0.331 e. The maximum absolute atomic E-state index is 12.4. The van der Waals surface area contributed by atoms with Crippen molar-refractivity contribution in [2.24, 2.45) is 0 Å². The monoisotopic (exact) mass is 227 g/mol. The Morgan fingerprint density at radius 3 is 2.25 bits per heavy atom. The molecule has 1 aromatic rings. The molecule has 4 heteroatoms. The number of benzene rings is 1. The number of hydrogen-bond acceptors (Lipinski definition) is 1. The van der Waals surface area contributed by atoms with Crippen molar-refractivity contribution in [3.05, 3.63) is 35.9 Å². The smallest absolute Gasteiger partial charge is 0.315 e. The topological polar surface area (TPSA) is 20.3 Å². The van der Waals surface area contributed by atoms with Crippen molar-refractivity contribution in [1.82, 2.24) is 4.90 Å². The molecule has 0 aliphatic heterocycles. The van der Waals surface area contributed by atoms with E-state index < -0.39 is 12.3 Å². The van der Waals surface area contributed by atoms with Crippen molar-refractivity contribution in [3.63, 3.8) is 0 Å². The van der Waals surface area contributed by atoms with Crippen LogP contribution in [0.1, 0.15) is 19.4 Å². The SMILES string of the molecule is CC(C)N(Cc1ccccc1)C(=O)C(F)F. The fourth-order valence-corrected chi connectivity index (χ4v) is 1.42. The molecule has 0 N–H and O–H groups in total. The van der Waals surface area contributed by atoms with Crippen LogP contribution in [0.2, 0.25) is 0 Å². The normalized spacial score (nSPS) is 10.9. The van der Waals surface area contributed by atoms with E-state index >= 15 is 0 Å². The first-order valence-corrected chi connectivity index (χ1v) is 5.15. The molecular weight excluding hydrogens is 212 g/mol. The number of alkyl halides is 2. The van der Waals surface area contributed by atoms with Crippen molar-refractivity contribution in [2.75, 3.05) is 0 Å². The molecule has 0 radical (unpaired) electrons. The van der Waals surface area contributed by atoms with Crippen molar-refractivity contribution < 1.29 is 13.6 Å². The molecule has 0 saturated carbocycles. The third kappa shape index (κ3) is 3.29. The maximum Gasteiger partial charge on any atom is 0.315 e. The highest BCUT2D eigenvalue weighted by molar-refractivity contribution is 5.79. The average molecular weight is 227 g/mol. The van der Waals surface area contributed by atoms with Gasteiger partial charge in [-0.2, -0.15) is 8.78 Å². The molecule has 1 amide bonds. The Balaban J connectivity index is 2.77. The second-order valence-corrected chi connectivity index (χ2v) is 3.85. The molecule has 0 aliphatic rings. The van der Waals surface area contributed by atoms with E-state index in [1.54, 1.807) is 13.8 Å². The molecule has 0 fully saturated rings. The van der Waals surface area contributed by atoms with Crippen LogP contribution in [0.25, 0.3) is 0 Å². The van der Waals surface area contributed by atoms with Gasteiger partial charge in [0.05, 0.1) is 0 Å². The minimum atomic E-state index is -2.94. The largest absolute Gasteiger partial charge is 0.331 e. The Morgan fingerprint density at radius 1 is 1.25 bits per heavy atom. The van der Waals surface area contributed by atoms with E-state index in [0.29, 0.717) is 0 Å². The van der Waals surface area contributed by atoms with E-state index in [0.717, 1.165) is 5.56 Å². The lowest BCUT2D eigenvalue weighted by molar-refractivity contribution is -0.145. The summed E-state index contributed by atoms with van der Waals surface area (Å²) in [7, 11) is 0. The Kier molecular flexibility index (Phi) is 4.40. The molecule has 16 heavy (non-hydrogen) atoms. The zero-order chi connectivity index (χ0) is 12.1. The molecule has 0 aromatic heterocycles. The Labute approximate surface area is 93.9 Å². The van der Waals surface area contributed by atoms with Gasteiger partial charge >= 0.3 is 6.43 Å². The van der Waals surface area contributed by atoms with Crippen molar-refractivity contribution >= 4 is 5.91 Å². The number of rotatable bonds is 4. The van der Waals surface area contributed by atoms with Crippen molar-refractivity contribution in [3.8, 4) is 0 Å². The second kappa shape index (κ2) is 5.58. The van der Waals surface area contributed by atoms with Crippen molar-refractivity contribution in [2.45, 2.75) is 32.9 Å². The van der Waals surface area contributed by atoms with E-state index in [9.17, 15) is 13.6 Å². The predicted octanol–water partition coefficient (Wildman–Crippen LogP) is 2.69. The molecule has 0 saturated heterocycles. The van der Waals surface area contributed by atoms with Gasteiger partial charge < -0.3 is 4.90 Å². The van der Waals surface area contributed by atoms with E-state index in [1.807, 2.05) is 30.3 Å². The predicted molar refractivity (Wildman–Crippen MR) is 58.1 cm³/mol. The number of carbonyl (C=O) groups excluding carboxylic acids is 1. The van der Waals surface area contributed by atoms with Crippen LogP contribution in [-0.4, -0.2) is 23.3 Å². The van der Waals surface area contributed by atoms with Crippen LogP contribution in [0, 0.1) is 0 Å². The zero-order valence-electron chi connectivity index (χ0n) is 9.36. The van der Waals surface area contributed by atoms with Crippen LogP contribution in [0.5, 0.6) is 0 Å². The fourth-order valence-electron chi connectivity index (χ4n) is 1.42. The molecule has 0 heterocycles. The molecule has 0 spiro atoms. The Morgan fingerprint density at radius 2 is 1.81 bits per heavy atom. The summed E-state index contributed by atoms with van der Waals surface area (Å²) in [6, 6.07) is 8.88. The van der Waals surface area contributed by atoms with Gasteiger partial charge in [0.2, 0.25) is 0 Å². The van der Waals surface area contributed by atoms with E-state index in [1.165, 1.54) is 4.90 Å². The zero-order valence-corrected chi connectivity index (χ0v) is 9.36. The van der Waals surface area contributed by atoms with Gasteiger partial charge in [0.25, 0.3) is 5.91 Å². The Hall–Kier alpha value is -1.45. The first-order chi connectivity index (χ1) is 7.52. The van der Waals surface area contributed by atoms with Crippen LogP contribution in [-0.2, 0) is 11.3 Å². The van der Waals surface area contributed by atoms with E-state index in [2.05, 4.69) is 0 Å². The quantitative estimate of drug-likeness (QED) is 0.774. The van der Waals surface area contributed by atoms with Crippen LogP contribution in [0.3, 0.4) is 0 Å². The van der Waals surface area contributed by atoms with Crippen molar-refractivity contribution in [1.29, 1.82) is 0 Å². The van der Waals surface area contributed by atoms with Gasteiger partial charge in [0, 0.05) is 12.6 Å². The minimum absolute atomic E-state index is 0.224. The van der Waals surface area contributed by atoms with Gasteiger partial charge in [-0.15, -0.1) is 0 Å². The van der Waals surface area contributed by atoms with E-state index in [4.69, 9.17) is 0 Å². The van der Waals surface area contributed by atoms with Gasteiger partial charge in [0.15, 0.2) is 0 Å². The lowest BCUT2D eigenvalue weighted by atomic mass is 10.2. The first kappa shape index (κ1) is 12.6. The summed E-state index contributed by atoms with van der Waals surface area (Å²) in [4.78, 5) is 12.4. The van der Waals surface area contributed by atoms with Gasteiger partial charge in [-0.05, 0) is 19.4 Å². The first-order valence-electron chi connectivity index (χ1n) is 5.15. The second-order valence-electron chi connectivity index (χ2n) is 3.85. The maximum atomic E-state index is 12.4. The summed E-state index contributed by atoms with van der Waals surface area (Å²) >= 11 is 0. The lowest BCUT2D eigenvalue weighted by Gasteiger charge is -2.26. The van der Waals surface area contributed by atoms with Gasteiger partial charge in [-0.3, -0.25) is 4.79 Å². The summed E-state index contributed by atoms with van der Waals surface area (Å²) in [5.41, 5.74) is 0.852. The molecule has 2 nitrogen and oxygen atoms in total. The van der Waals surface area contributed by atoms with Gasteiger partial charge in [-0.25, -0.2) is 0 Å². The van der Waals surface area contributed by atoms with Gasteiger partial charge in [0.1, 0.15) is 0 Å². The summed E-state index contributed by atoms with van der Waals surface area (Å²) in [5, 5.41) is 0. The van der Waals surface area contributed by atoms with Crippen LogP contribution < -0.4 is 0 Å². The van der Waals surface area contributed by atoms with Gasteiger partial charge in [-0.1, -0.05) is 30.3 Å². The summed E-state index contributed by atoms with van der Waals surface area (Å²) in [6.07, 6.45) is -2.94. The van der Waals surface area contributed by atoms with Crippen LogP contribution in [0.15, 0.2) is 30.3 Å². The summed E-state index contributed by atoms with van der Waals surface area (Å²) in [6.45, 7) is 3.67. The van der Waals surface area contributed by atoms with Crippen LogP contribution >= 0.6 is 0 Å². The molecule has 0 aliphatic carbocycles. The van der Waals surface area contributed by atoms with Crippen LogP contribution in [0.4, 0.5) is 8.78 Å². The summed E-state index contributed by atoms with van der Waals surface area (Å²) < 4.78 is 24.7. The molecule has 0 unspecified atom stereocenters. The van der Waals surface area contributed by atoms with E-state index in [-0.39, 0.29) is 12.6 Å². The summed E-state index contributed by atoms with van der Waals surface area (Å²) in [5.74, 6) is -1.11. The highest BCUT2D eigenvalue weighted by atomic mass is 19.3. The molecule has 1 rings (SSSR count). The highest BCUT2D eigenvalue weighted by Crippen LogP contribution is 2.11. The third-order valence-corrected chi connectivity index (χ3v) is 2.29. The number of nitrogens with zero attached hydrogens (tertiary/aromatic N) is 1. The number of carbonyl (C=O) groups is 1.